The summed E-state index contributed by atoms with van der Waals surface area (Å²) in [7, 11) is 0. The van der Waals surface area contributed by atoms with Crippen molar-refractivity contribution in [2.45, 2.75) is 46.1 Å². The number of nitrogens with zero attached hydrogens (tertiary/aromatic N) is 1. The maximum atomic E-state index is 12.9. The molecular weight excluding hydrogens is 351 g/mol. The van der Waals surface area contributed by atoms with Crippen molar-refractivity contribution < 1.29 is 4.39 Å². The highest BCUT2D eigenvalue weighted by atomic mass is 32.1. The number of aryl methyl sites for hydroxylation is 1. The lowest BCUT2D eigenvalue weighted by molar-refractivity contribution is 0.434. The summed E-state index contributed by atoms with van der Waals surface area (Å²) in [4.78, 5) is 29.3. The van der Waals surface area contributed by atoms with Crippen molar-refractivity contribution in [2.75, 3.05) is 6.67 Å². The van der Waals surface area contributed by atoms with Gasteiger partial charge in [-0.3, -0.25) is 14.3 Å². The molecule has 26 heavy (non-hydrogen) atoms. The van der Waals surface area contributed by atoms with Gasteiger partial charge in [0.2, 0.25) is 0 Å². The summed E-state index contributed by atoms with van der Waals surface area (Å²) < 4.78 is 13.7. The van der Waals surface area contributed by atoms with Crippen molar-refractivity contribution in [3.05, 3.63) is 55.5 Å². The van der Waals surface area contributed by atoms with Crippen molar-refractivity contribution in [2.24, 2.45) is 0 Å². The molecule has 6 heteroatoms. The molecule has 0 aliphatic carbocycles. The molecule has 0 spiro atoms. The van der Waals surface area contributed by atoms with Gasteiger partial charge in [0.15, 0.2) is 0 Å². The number of aromatic amines is 1. The lowest BCUT2D eigenvalue weighted by Gasteiger charge is -2.19. The Bertz CT molecular complexity index is 1050. The number of H-pyrrole nitrogens is 1. The van der Waals surface area contributed by atoms with Crippen LogP contribution in [0, 0.1) is 0 Å². The Balaban J connectivity index is 2.29. The van der Waals surface area contributed by atoms with Gasteiger partial charge < -0.3 is 0 Å². The van der Waals surface area contributed by atoms with Crippen molar-refractivity contribution in [3.63, 3.8) is 0 Å². The molecule has 4 nitrogen and oxygen atoms in total. The van der Waals surface area contributed by atoms with Gasteiger partial charge in [-0.05, 0) is 23.0 Å². The standard InChI is InChI=1S/C20H23FN2O2S/c1-5-14-15(12-6-8-13(9-7-12)20(2,3)4)16-17(26-14)22-19(25)23(11-10-21)18(16)24/h6-9H,5,10-11H2,1-4H3,(H,22,25). The molecule has 0 bridgehead atoms. The second kappa shape index (κ2) is 6.83. The molecule has 1 aromatic carbocycles. The van der Waals surface area contributed by atoms with E-state index < -0.39 is 17.9 Å². The number of aromatic nitrogens is 2. The number of halogens is 1. The fourth-order valence-corrected chi connectivity index (χ4v) is 4.28. The first-order valence-electron chi connectivity index (χ1n) is 8.73. The summed E-state index contributed by atoms with van der Waals surface area (Å²) in [6.07, 6.45) is 0.750. The highest BCUT2D eigenvalue weighted by molar-refractivity contribution is 7.19. The van der Waals surface area contributed by atoms with E-state index in [-0.39, 0.29) is 12.0 Å². The van der Waals surface area contributed by atoms with Crippen LogP contribution in [0.3, 0.4) is 0 Å². The summed E-state index contributed by atoms with van der Waals surface area (Å²) in [6, 6.07) is 8.19. The van der Waals surface area contributed by atoms with Crippen molar-refractivity contribution >= 4 is 21.6 Å². The number of rotatable bonds is 4. The van der Waals surface area contributed by atoms with Crippen molar-refractivity contribution in [3.8, 4) is 11.1 Å². The number of alkyl halides is 1. The molecule has 0 radical (unpaired) electrons. The van der Waals surface area contributed by atoms with Crippen LogP contribution in [0.5, 0.6) is 0 Å². The van der Waals surface area contributed by atoms with E-state index in [1.54, 1.807) is 0 Å². The number of fused-ring (bicyclic) bond motifs is 1. The smallest absolute Gasteiger partial charge is 0.298 e. The zero-order valence-electron chi connectivity index (χ0n) is 15.5. The number of hydrogen-bond acceptors (Lipinski definition) is 3. The van der Waals surface area contributed by atoms with Crippen LogP contribution >= 0.6 is 11.3 Å². The Hall–Kier alpha value is -2.21. The fourth-order valence-electron chi connectivity index (χ4n) is 3.14. The molecule has 0 atom stereocenters. The number of nitrogens with one attached hydrogen (secondary N) is 1. The molecule has 0 amide bonds. The van der Waals surface area contributed by atoms with E-state index in [4.69, 9.17) is 0 Å². The second-order valence-corrected chi connectivity index (χ2v) is 8.47. The van der Waals surface area contributed by atoms with E-state index in [1.165, 1.54) is 16.9 Å². The van der Waals surface area contributed by atoms with E-state index in [1.807, 2.05) is 19.1 Å². The quantitative estimate of drug-likeness (QED) is 0.742. The highest BCUT2D eigenvalue weighted by Crippen LogP contribution is 2.37. The Labute approximate surface area is 155 Å². The van der Waals surface area contributed by atoms with Crippen LogP contribution in [0.25, 0.3) is 21.3 Å². The minimum atomic E-state index is -0.755. The third-order valence-corrected chi connectivity index (χ3v) is 5.82. The molecule has 0 saturated carbocycles. The Kier molecular flexibility index (Phi) is 4.88. The molecule has 1 N–H and O–H groups in total. The summed E-state index contributed by atoms with van der Waals surface area (Å²) in [5, 5.41) is 0.475. The van der Waals surface area contributed by atoms with Crippen molar-refractivity contribution in [1.82, 2.24) is 9.55 Å². The first-order valence-corrected chi connectivity index (χ1v) is 9.55. The molecule has 3 aromatic rings. The average molecular weight is 374 g/mol. The lowest BCUT2D eigenvalue weighted by atomic mass is 9.86. The van der Waals surface area contributed by atoms with Crippen LogP contribution in [0.4, 0.5) is 4.39 Å². The third kappa shape index (κ3) is 3.14. The monoisotopic (exact) mass is 374 g/mol. The van der Waals surface area contributed by atoms with Gasteiger partial charge in [-0.1, -0.05) is 52.0 Å². The minimum Gasteiger partial charge on any atom is -0.298 e. The van der Waals surface area contributed by atoms with Gasteiger partial charge in [0.25, 0.3) is 5.56 Å². The average Bonchev–Trinajstić information content (AvgIpc) is 2.96. The maximum Gasteiger partial charge on any atom is 0.329 e. The Morgan fingerprint density at radius 1 is 1.15 bits per heavy atom. The van der Waals surface area contributed by atoms with E-state index in [0.717, 1.165) is 27.0 Å². The molecule has 0 aliphatic heterocycles. The predicted molar refractivity (Wildman–Crippen MR) is 106 cm³/mol. The summed E-state index contributed by atoms with van der Waals surface area (Å²) in [5.41, 5.74) is 2.06. The Morgan fingerprint density at radius 3 is 2.35 bits per heavy atom. The maximum absolute atomic E-state index is 12.9. The molecule has 0 aliphatic rings. The van der Waals surface area contributed by atoms with Gasteiger partial charge in [-0.15, -0.1) is 11.3 Å². The van der Waals surface area contributed by atoms with Gasteiger partial charge in [-0.2, -0.15) is 0 Å². The highest BCUT2D eigenvalue weighted by Gasteiger charge is 2.20. The summed E-state index contributed by atoms with van der Waals surface area (Å²) in [6.45, 7) is 7.49. The third-order valence-electron chi connectivity index (χ3n) is 4.57. The van der Waals surface area contributed by atoms with Crippen LogP contribution < -0.4 is 11.2 Å². The van der Waals surface area contributed by atoms with E-state index >= 15 is 0 Å². The van der Waals surface area contributed by atoms with Crippen LogP contribution in [-0.4, -0.2) is 16.2 Å². The van der Waals surface area contributed by atoms with Crippen LogP contribution in [-0.2, 0) is 18.4 Å². The molecule has 0 unspecified atom stereocenters. The minimum absolute atomic E-state index is 0.0436. The van der Waals surface area contributed by atoms with Gasteiger partial charge in [-0.25, -0.2) is 9.18 Å². The summed E-state index contributed by atoms with van der Waals surface area (Å²) in [5.74, 6) is 0. The second-order valence-electron chi connectivity index (χ2n) is 7.36. The zero-order valence-corrected chi connectivity index (χ0v) is 16.3. The van der Waals surface area contributed by atoms with Gasteiger partial charge in [0.1, 0.15) is 11.5 Å². The SMILES string of the molecule is CCc1sc2[nH]c(=O)n(CCF)c(=O)c2c1-c1ccc(C(C)(C)C)cc1. The predicted octanol–water partition coefficient (Wildman–Crippen LogP) is 4.25. The lowest BCUT2D eigenvalue weighted by Crippen LogP contribution is -2.35. The van der Waals surface area contributed by atoms with Gasteiger partial charge in [0, 0.05) is 10.4 Å². The van der Waals surface area contributed by atoms with Crippen LogP contribution in [0.1, 0.15) is 38.1 Å². The molecular formula is C20H23FN2O2S. The number of benzene rings is 1. The van der Waals surface area contributed by atoms with E-state index in [9.17, 15) is 14.0 Å². The van der Waals surface area contributed by atoms with Crippen LogP contribution in [0.2, 0.25) is 0 Å². The molecule has 2 heterocycles. The Morgan fingerprint density at radius 2 is 1.81 bits per heavy atom. The zero-order chi connectivity index (χ0) is 19.1. The van der Waals surface area contributed by atoms with Gasteiger partial charge in [0.05, 0.1) is 11.9 Å². The first-order chi connectivity index (χ1) is 12.3. The fraction of sp³-hybridized carbons (Fsp3) is 0.400. The summed E-state index contributed by atoms with van der Waals surface area (Å²) >= 11 is 1.42. The van der Waals surface area contributed by atoms with E-state index in [0.29, 0.717) is 10.2 Å². The normalized spacial score (nSPS) is 12.0. The number of thiophene rings is 1. The van der Waals surface area contributed by atoms with Crippen molar-refractivity contribution in [1.29, 1.82) is 0 Å². The molecule has 0 saturated heterocycles. The first kappa shape index (κ1) is 18.6. The molecule has 2 aromatic heterocycles. The topological polar surface area (TPSA) is 54.9 Å². The molecule has 3 rings (SSSR count). The number of hydrogen-bond donors (Lipinski definition) is 1. The largest absolute Gasteiger partial charge is 0.329 e. The van der Waals surface area contributed by atoms with Crippen LogP contribution in [0.15, 0.2) is 33.9 Å². The van der Waals surface area contributed by atoms with E-state index in [2.05, 4.69) is 37.9 Å². The molecule has 138 valence electrons. The molecule has 0 fully saturated rings. The van der Waals surface area contributed by atoms with Gasteiger partial charge >= 0.3 is 5.69 Å².